The number of anilines is 3. The van der Waals surface area contributed by atoms with Crippen molar-refractivity contribution in [3.63, 3.8) is 0 Å². The van der Waals surface area contributed by atoms with E-state index in [-0.39, 0.29) is 4.90 Å². The van der Waals surface area contributed by atoms with Crippen LogP contribution in [0, 0.1) is 0 Å². The molecule has 0 amide bonds. The van der Waals surface area contributed by atoms with Gasteiger partial charge in [0.05, 0.1) is 17.7 Å². The molecule has 0 atom stereocenters. The molecule has 3 aromatic rings. The van der Waals surface area contributed by atoms with E-state index in [0.717, 1.165) is 5.69 Å². The number of hydrogen-bond donors (Lipinski definition) is 2. The van der Waals surface area contributed by atoms with E-state index < -0.39 is 10.0 Å². The smallest absolute Gasteiger partial charge is 0.262 e. The summed E-state index contributed by atoms with van der Waals surface area (Å²) < 4.78 is 32.8. The monoisotopic (exact) mass is 356 g/mol. The average Bonchev–Trinajstić information content (AvgIpc) is 2.64. The maximum atomic E-state index is 12.6. The fourth-order valence-electron chi connectivity index (χ4n) is 2.12. The lowest BCUT2D eigenvalue weighted by Crippen LogP contribution is -2.14. The summed E-state index contributed by atoms with van der Waals surface area (Å²) in [5.41, 5.74) is 1.09. The number of benzene rings is 1. The van der Waals surface area contributed by atoms with Crippen LogP contribution in [0.15, 0.2) is 72.0 Å². The van der Waals surface area contributed by atoms with Crippen molar-refractivity contribution in [3.8, 4) is 5.75 Å². The van der Waals surface area contributed by atoms with Gasteiger partial charge in [-0.05, 0) is 48.5 Å². The normalized spacial score (nSPS) is 10.9. The molecule has 0 radical (unpaired) electrons. The zero-order valence-corrected chi connectivity index (χ0v) is 14.2. The number of sulfonamides is 1. The fraction of sp³-hybridized carbons (Fsp3) is 0.0588. The molecule has 0 saturated heterocycles. The Kier molecular flexibility index (Phi) is 4.80. The van der Waals surface area contributed by atoms with E-state index in [2.05, 4.69) is 20.0 Å². The lowest BCUT2D eigenvalue weighted by Gasteiger charge is -2.13. The van der Waals surface area contributed by atoms with Crippen molar-refractivity contribution in [3.05, 3.63) is 67.1 Å². The summed E-state index contributed by atoms with van der Waals surface area (Å²) in [6.45, 7) is 0. The van der Waals surface area contributed by atoms with E-state index in [1.165, 1.54) is 19.2 Å². The summed E-state index contributed by atoms with van der Waals surface area (Å²) in [5, 5.41) is 3.07. The largest absolute Gasteiger partial charge is 0.497 e. The molecule has 7 nitrogen and oxygen atoms in total. The van der Waals surface area contributed by atoms with Crippen molar-refractivity contribution < 1.29 is 13.2 Å². The zero-order valence-electron chi connectivity index (χ0n) is 13.4. The average molecular weight is 356 g/mol. The van der Waals surface area contributed by atoms with Gasteiger partial charge in [0, 0.05) is 24.3 Å². The summed E-state index contributed by atoms with van der Waals surface area (Å²) in [5.74, 6) is 0.978. The third kappa shape index (κ3) is 4.04. The van der Waals surface area contributed by atoms with Crippen molar-refractivity contribution in [2.45, 2.75) is 4.90 Å². The Labute approximate surface area is 145 Å². The number of methoxy groups -OCH3 is 1. The molecule has 2 heterocycles. The van der Waals surface area contributed by atoms with Gasteiger partial charge < -0.3 is 10.1 Å². The Morgan fingerprint density at radius 2 is 1.68 bits per heavy atom. The molecule has 0 fully saturated rings. The summed E-state index contributed by atoms with van der Waals surface area (Å²) in [6.07, 6.45) is 4.84. The Balaban J connectivity index is 1.86. The lowest BCUT2D eigenvalue weighted by atomic mass is 10.3. The van der Waals surface area contributed by atoms with Crippen LogP contribution in [0.3, 0.4) is 0 Å². The molecule has 0 aliphatic rings. The molecule has 0 unspecified atom stereocenters. The second kappa shape index (κ2) is 7.18. The third-order valence-corrected chi connectivity index (χ3v) is 4.75. The molecule has 2 N–H and O–H groups in total. The number of nitrogens with one attached hydrogen (secondary N) is 2. The highest BCUT2D eigenvalue weighted by Crippen LogP contribution is 2.25. The Morgan fingerprint density at radius 3 is 2.36 bits per heavy atom. The predicted octanol–water partition coefficient (Wildman–Crippen LogP) is 3.03. The fourth-order valence-corrected chi connectivity index (χ4v) is 3.18. The Bertz CT molecular complexity index is 945. The molecule has 3 rings (SSSR count). The highest BCUT2D eigenvalue weighted by Gasteiger charge is 2.16. The zero-order chi connectivity index (χ0) is 17.7. The van der Waals surface area contributed by atoms with Crippen LogP contribution >= 0.6 is 0 Å². The molecule has 2 aromatic heterocycles. The molecular formula is C17H16N4O3S. The Morgan fingerprint density at radius 1 is 0.960 bits per heavy atom. The molecule has 8 heteroatoms. The van der Waals surface area contributed by atoms with Crippen LogP contribution in [0.4, 0.5) is 17.2 Å². The number of nitrogens with zero attached hydrogens (tertiary/aromatic N) is 2. The molecule has 128 valence electrons. The minimum atomic E-state index is -3.75. The third-order valence-electron chi connectivity index (χ3n) is 3.36. The number of ether oxygens (including phenoxy) is 1. The van der Waals surface area contributed by atoms with Crippen LogP contribution in [0.25, 0.3) is 0 Å². The minimum absolute atomic E-state index is 0.131. The van der Waals surface area contributed by atoms with Gasteiger partial charge in [0.25, 0.3) is 10.0 Å². The van der Waals surface area contributed by atoms with E-state index in [0.29, 0.717) is 17.3 Å². The highest BCUT2D eigenvalue weighted by molar-refractivity contribution is 7.92. The van der Waals surface area contributed by atoms with E-state index in [1.807, 2.05) is 0 Å². The first-order valence-electron chi connectivity index (χ1n) is 7.37. The first-order chi connectivity index (χ1) is 12.1. The van der Waals surface area contributed by atoms with Gasteiger partial charge in [-0.1, -0.05) is 0 Å². The molecule has 25 heavy (non-hydrogen) atoms. The highest BCUT2D eigenvalue weighted by atomic mass is 32.2. The maximum absolute atomic E-state index is 12.6. The van der Waals surface area contributed by atoms with Crippen LogP contribution in [-0.2, 0) is 10.0 Å². The summed E-state index contributed by atoms with van der Waals surface area (Å²) in [7, 11) is -2.23. The number of rotatable bonds is 6. The lowest BCUT2D eigenvalue weighted by molar-refractivity contribution is 0.414. The van der Waals surface area contributed by atoms with Crippen LogP contribution < -0.4 is 14.8 Å². The minimum Gasteiger partial charge on any atom is -0.497 e. The van der Waals surface area contributed by atoms with Crippen molar-refractivity contribution >= 4 is 27.2 Å². The van der Waals surface area contributed by atoms with Crippen LogP contribution in [0.1, 0.15) is 0 Å². The SMILES string of the molecule is COc1ccc(S(=O)(=O)Nc2cccnc2Nc2ccncc2)cc1. The molecule has 1 aromatic carbocycles. The van der Waals surface area contributed by atoms with Gasteiger partial charge in [-0.3, -0.25) is 9.71 Å². The van der Waals surface area contributed by atoms with E-state index in [9.17, 15) is 8.42 Å². The van der Waals surface area contributed by atoms with Gasteiger partial charge in [0.2, 0.25) is 0 Å². The van der Waals surface area contributed by atoms with Gasteiger partial charge in [-0.15, -0.1) is 0 Å². The second-order valence-corrected chi connectivity index (χ2v) is 6.72. The first kappa shape index (κ1) is 16.7. The topological polar surface area (TPSA) is 93.2 Å². The maximum Gasteiger partial charge on any atom is 0.262 e. The van der Waals surface area contributed by atoms with Crippen molar-refractivity contribution in [2.24, 2.45) is 0 Å². The Hall–Kier alpha value is -3.13. The van der Waals surface area contributed by atoms with Gasteiger partial charge in [-0.2, -0.15) is 0 Å². The number of aromatic nitrogens is 2. The second-order valence-electron chi connectivity index (χ2n) is 5.04. The van der Waals surface area contributed by atoms with Crippen molar-refractivity contribution in [1.29, 1.82) is 0 Å². The van der Waals surface area contributed by atoms with Crippen molar-refractivity contribution in [2.75, 3.05) is 17.1 Å². The first-order valence-corrected chi connectivity index (χ1v) is 8.86. The quantitative estimate of drug-likeness (QED) is 0.705. The van der Waals surface area contributed by atoms with Crippen molar-refractivity contribution in [1.82, 2.24) is 9.97 Å². The van der Waals surface area contributed by atoms with Gasteiger partial charge >= 0.3 is 0 Å². The summed E-state index contributed by atoms with van der Waals surface area (Å²) in [4.78, 5) is 8.27. The molecule has 0 saturated carbocycles. The van der Waals surface area contributed by atoms with Crippen LogP contribution in [0.2, 0.25) is 0 Å². The van der Waals surface area contributed by atoms with Gasteiger partial charge in [0.15, 0.2) is 5.82 Å². The molecule has 0 aliphatic carbocycles. The van der Waals surface area contributed by atoms with Crippen LogP contribution in [0.5, 0.6) is 5.75 Å². The molecule has 0 bridgehead atoms. The number of pyridine rings is 2. The van der Waals surface area contributed by atoms with E-state index in [4.69, 9.17) is 4.74 Å². The number of hydrogen-bond acceptors (Lipinski definition) is 6. The summed E-state index contributed by atoms with van der Waals surface area (Å²) >= 11 is 0. The summed E-state index contributed by atoms with van der Waals surface area (Å²) in [6, 6.07) is 13.0. The molecule has 0 spiro atoms. The van der Waals surface area contributed by atoms with Crippen LogP contribution in [-0.4, -0.2) is 25.5 Å². The van der Waals surface area contributed by atoms with E-state index in [1.54, 1.807) is 55.0 Å². The molecular weight excluding hydrogens is 340 g/mol. The van der Waals surface area contributed by atoms with E-state index >= 15 is 0 Å². The van der Waals surface area contributed by atoms with Gasteiger partial charge in [-0.25, -0.2) is 13.4 Å². The molecule has 0 aliphatic heterocycles. The standard InChI is InChI=1S/C17H16N4O3S/c1-24-14-4-6-15(7-5-14)25(22,23)21-16-3-2-10-19-17(16)20-13-8-11-18-12-9-13/h2-12,21H,1H3,(H,18,19,20). The predicted molar refractivity (Wildman–Crippen MR) is 95.6 cm³/mol. The van der Waals surface area contributed by atoms with Gasteiger partial charge in [0.1, 0.15) is 5.75 Å².